The maximum atomic E-state index is 13.4. The molecule has 0 amide bonds. The van der Waals surface area contributed by atoms with Crippen LogP contribution in [0.2, 0.25) is 0 Å². The van der Waals surface area contributed by atoms with Crippen molar-refractivity contribution in [3.05, 3.63) is 59.8 Å². The first-order valence-corrected chi connectivity index (χ1v) is 8.55. The molecule has 1 aromatic carbocycles. The molecule has 0 spiro atoms. The third-order valence-corrected chi connectivity index (χ3v) is 5.21. The quantitative estimate of drug-likeness (QED) is 0.652. The Kier molecular flexibility index (Phi) is 5.65. The number of rotatable bonds is 5. The predicted molar refractivity (Wildman–Crippen MR) is 84.4 cm³/mol. The predicted octanol–water partition coefficient (Wildman–Crippen LogP) is 4.23. The maximum Gasteiger partial charge on any atom is 0.424 e. The van der Waals surface area contributed by atoms with E-state index in [4.69, 9.17) is 4.74 Å². The van der Waals surface area contributed by atoms with Gasteiger partial charge >= 0.3 is 11.5 Å². The molecular formula is C16H16F3NO2S. The molecule has 0 saturated heterocycles. The van der Waals surface area contributed by atoms with Crippen LogP contribution < -0.4 is 4.74 Å². The molecule has 0 aliphatic carbocycles. The lowest BCUT2D eigenvalue weighted by Crippen LogP contribution is -2.13. The zero-order valence-electron chi connectivity index (χ0n) is 12.4. The smallest absolute Gasteiger partial charge is 0.407 e. The van der Waals surface area contributed by atoms with Crippen LogP contribution in [-0.2, 0) is 16.3 Å². The maximum absolute atomic E-state index is 13.4. The van der Waals surface area contributed by atoms with Gasteiger partial charge in [-0.2, -0.15) is 24.1 Å². The zero-order chi connectivity index (χ0) is 16.9. The van der Waals surface area contributed by atoms with Crippen molar-refractivity contribution in [2.75, 3.05) is 0 Å². The van der Waals surface area contributed by atoms with Crippen LogP contribution in [0.15, 0.2) is 48.7 Å². The Labute approximate surface area is 134 Å². The van der Waals surface area contributed by atoms with E-state index in [1.54, 1.807) is 30.3 Å². The molecule has 124 valence electrons. The van der Waals surface area contributed by atoms with Crippen LogP contribution in [0.4, 0.5) is 13.2 Å². The van der Waals surface area contributed by atoms with E-state index in [1.165, 1.54) is 25.3 Å². The number of carbonyl (C=O) groups excluding carboxylic acids is 1. The largest absolute Gasteiger partial charge is 0.424 e. The standard InChI is InChI=1S/C16H16F3NO2S/c1-12(21)22-15-14(8-5-9-20-15)11-23(16(17,18)19)10-13-6-3-2-4-7-13/h2-9,23H,10-11H2,1H3. The Morgan fingerprint density at radius 1 is 1.13 bits per heavy atom. The van der Waals surface area contributed by atoms with Crippen LogP contribution in [0.3, 0.4) is 0 Å². The number of hydrogen-bond donors (Lipinski definition) is 1. The summed E-state index contributed by atoms with van der Waals surface area (Å²) < 4.78 is 45.1. The van der Waals surface area contributed by atoms with E-state index in [1.807, 2.05) is 0 Å². The Hall–Kier alpha value is -2.02. The molecule has 23 heavy (non-hydrogen) atoms. The van der Waals surface area contributed by atoms with Crippen molar-refractivity contribution >= 4 is 16.9 Å². The van der Waals surface area contributed by atoms with Gasteiger partial charge in [0, 0.05) is 30.2 Å². The van der Waals surface area contributed by atoms with Crippen molar-refractivity contribution in [2.24, 2.45) is 0 Å². The minimum atomic E-state index is -4.30. The van der Waals surface area contributed by atoms with Gasteiger partial charge in [-0.25, -0.2) is 4.98 Å². The molecule has 1 heterocycles. The number of thiol groups is 1. The van der Waals surface area contributed by atoms with E-state index in [2.05, 4.69) is 4.98 Å². The van der Waals surface area contributed by atoms with E-state index < -0.39 is 22.4 Å². The fourth-order valence-electron chi connectivity index (χ4n) is 2.02. The van der Waals surface area contributed by atoms with E-state index in [-0.39, 0.29) is 17.4 Å². The van der Waals surface area contributed by atoms with Crippen LogP contribution in [0.1, 0.15) is 18.1 Å². The van der Waals surface area contributed by atoms with Gasteiger partial charge in [-0.3, -0.25) is 4.79 Å². The SMILES string of the molecule is CC(=O)Oc1ncccc1C[SH](Cc1ccccc1)C(F)(F)F. The summed E-state index contributed by atoms with van der Waals surface area (Å²) in [6.45, 7) is 1.19. The first-order chi connectivity index (χ1) is 10.9. The van der Waals surface area contributed by atoms with Gasteiger partial charge in [-0.15, -0.1) is 0 Å². The summed E-state index contributed by atoms with van der Waals surface area (Å²) in [5, 5.41) is 0. The lowest BCUT2D eigenvalue weighted by molar-refractivity contribution is -0.132. The number of hydrogen-bond acceptors (Lipinski definition) is 3. The Morgan fingerprint density at radius 3 is 2.43 bits per heavy atom. The Balaban J connectivity index is 2.23. The van der Waals surface area contributed by atoms with Gasteiger partial charge in [-0.1, -0.05) is 36.4 Å². The van der Waals surface area contributed by atoms with Crippen LogP contribution >= 0.6 is 10.9 Å². The van der Waals surface area contributed by atoms with E-state index in [9.17, 15) is 18.0 Å². The molecule has 0 N–H and O–H groups in total. The second-order valence-electron chi connectivity index (χ2n) is 4.87. The van der Waals surface area contributed by atoms with Crippen LogP contribution in [-0.4, -0.2) is 16.5 Å². The molecule has 1 aromatic heterocycles. The van der Waals surface area contributed by atoms with Gasteiger partial charge in [0.1, 0.15) is 0 Å². The second kappa shape index (κ2) is 7.50. The molecule has 0 fully saturated rings. The first kappa shape index (κ1) is 17.3. The summed E-state index contributed by atoms with van der Waals surface area (Å²) in [7, 11) is -2.33. The van der Waals surface area contributed by atoms with Gasteiger partial charge in [-0.05, 0) is 11.6 Å². The molecule has 1 unspecified atom stereocenters. The Bertz CT molecular complexity index is 662. The van der Waals surface area contributed by atoms with Gasteiger partial charge in [0.25, 0.3) is 0 Å². The fraction of sp³-hybridized carbons (Fsp3) is 0.250. The average Bonchev–Trinajstić information content (AvgIpc) is 2.48. The third kappa shape index (κ3) is 5.28. The highest BCUT2D eigenvalue weighted by molar-refractivity contribution is 8.16. The molecule has 2 aromatic rings. The minimum Gasteiger partial charge on any atom is -0.407 e. The summed E-state index contributed by atoms with van der Waals surface area (Å²) in [4.78, 5) is 14.9. The van der Waals surface area contributed by atoms with E-state index in [0.29, 0.717) is 11.1 Å². The van der Waals surface area contributed by atoms with Crippen molar-refractivity contribution in [1.82, 2.24) is 4.98 Å². The number of aromatic nitrogens is 1. The lowest BCUT2D eigenvalue weighted by Gasteiger charge is -2.25. The number of alkyl halides is 3. The molecule has 7 heteroatoms. The molecular weight excluding hydrogens is 327 g/mol. The van der Waals surface area contributed by atoms with Crippen LogP contribution in [0.5, 0.6) is 5.88 Å². The number of benzene rings is 1. The van der Waals surface area contributed by atoms with Gasteiger partial charge in [0.15, 0.2) is 0 Å². The normalized spacial score (nSPS) is 13.5. The van der Waals surface area contributed by atoms with Crippen LogP contribution in [0, 0.1) is 0 Å². The van der Waals surface area contributed by atoms with E-state index >= 15 is 0 Å². The molecule has 0 saturated carbocycles. The number of pyridine rings is 1. The summed E-state index contributed by atoms with van der Waals surface area (Å²) in [5.41, 5.74) is -3.37. The molecule has 1 atom stereocenters. The molecule has 2 rings (SSSR count). The molecule has 0 radical (unpaired) electrons. The highest BCUT2D eigenvalue weighted by Crippen LogP contribution is 2.50. The number of ether oxygens (including phenoxy) is 1. The molecule has 0 aliphatic heterocycles. The van der Waals surface area contributed by atoms with E-state index in [0.717, 1.165) is 0 Å². The minimum absolute atomic E-state index is 0.0511. The zero-order valence-corrected chi connectivity index (χ0v) is 13.3. The topological polar surface area (TPSA) is 39.2 Å². The highest BCUT2D eigenvalue weighted by Gasteiger charge is 2.36. The van der Waals surface area contributed by atoms with Gasteiger partial charge in [0.2, 0.25) is 5.88 Å². The second-order valence-corrected chi connectivity index (χ2v) is 7.09. The summed E-state index contributed by atoms with van der Waals surface area (Å²) >= 11 is 0. The number of esters is 1. The molecule has 3 nitrogen and oxygen atoms in total. The number of halogens is 3. The fourth-order valence-corrected chi connectivity index (χ4v) is 3.79. The number of carbonyl (C=O) groups is 1. The lowest BCUT2D eigenvalue weighted by atomic mass is 10.2. The summed E-state index contributed by atoms with van der Waals surface area (Å²) in [6.07, 6.45) is 1.38. The Morgan fingerprint density at radius 2 is 1.83 bits per heavy atom. The van der Waals surface area contributed by atoms with Crippen molar-refractivity contribution in [3.63, 3.8) is 0 Å². The van der Waals surface area contributed by atoms with Gasteiger partial charge < -0.3 is 4.74 Å². The monoisotopic (exact) mass is 343 g/mol. The van der Waals surface area contributed by atoms with Crippen molar-refractivity contribution < 1.29 is 22.7 Å². The average molecular weight is 343 g/mol. The summed E-state index contributed by atoms with van der Waals surface area (Å²) in [6, 6.07) is 11.6. The first-order valence-electron chi connectivity index (χ1n) is 6.84. The van der Waals surface area contributed by atoms with Crippen molar-refractivity contribution in [3.8, 4) is 5.88 Å². The third-order valence-electron chi connectivity index (χ3n) is 3.03. The van der Waals surface area contributed by atoms with Crippen molar-refractivity contribution in [1.29, 1.82) is 0 Å². The molecule has 0 bridgehead atoms. The van der Waals surface area contributed by atoms with Crippen molar-refractivity contribution in [2.45, 2.75) is 23.9 Å². The van der Waals surface area contributed by atoms with Gasteiger partial charge in [0.05, 0.1) is 0 Å². The molecule has 0 aliphatic rings. The highest BCUT2D eigenvalue weighted by atomic mass is 32.2. The number of nitrogens with zero attached hydrogens (tertiary/aromatic N) is 1. The summed E-state index contributed by atoms with van der Waals surface area (Å²) in [5.74, 6) is -0.965. The van der Waals surface area contributed by atoms with Crippen LogP contribution in [0.25, 0.3) is 0 Å².